The van der Waals surface area contributed by atoms with E-state index in [9.17, 15) is 13.6 Å². The van der Waals surface area contributed by atoms with Crippen LogP contribution < -0.4 is 0 Å². The summed E-state index contributed by atoms with van der Waals surface area (Å²) in [7, 11) is 0. The van der Waals surface area contributed by atoms with E-state index in [-0.39, 0.29) is 18.2 Å². The molecule has 78 valence electrons. The summed E-state index contributed by atoms with van der Waals surface area (Å²) in [5, 5.41) is 0. The maximum Gasteiger partial charge on any atom is 0.159 e. The second kappa shape index (κ2) is 3.88. The minimum absolute atomic E-state index is 0.0692. The van der Waals surface area contributed by atoms with Crippen LogP contribution >= 0.6 is 0 Å². The van der Waals surface area contributed by atoms with Gasteiger partial charge in [-0.2, -0.15) is 0 Å². The van der Waals surface area contributed by atoms with Crippen LogP contribution in [0.5, 0.6) is 0 Å². The minimum atomic E-state index is -0.902. The molecule has 0 saturated carbocycles. The molecule has 0 unspecified atom stereocenters. The molecule has 1 aromatic carbocycles. The van der Waals surface area contributed by atoms with Gasteiger partial charge < -0.3 is 0 Å². The zero-order valence-electron chi connectivity index (χ0n) is 7.91. The molecule has 1 atom stereocenters. The van der Waals surface area contributed by atoms with Crippen LogP contribution in [-0.4, -0.2) is 12.0 Å². The molecule has 2 nitrogen and oxygen atoms in total. The summed E-state index contributed by atoms with van der Waals surface area (Å²) < 4.78 is 25.6. The number of carbonyl (C=O) groups is 1. The summed E-state index contributed by atoms with van der Waals surface area (Å²) in [6.45, 7) is 0. The first-order valence-electron chi connectivity index (χ1n) is 4.65. The molecule has 1 aliphatic heterocycles. The fraction of sp³-hybridized carbons (Fsp3) is 0.273. The van der Waals surface area contributed by atoms with E-state index in [0.717, 1.165) is 12.1 Å². The molecule has 0 aromatic heterocycles. The van der Waals surface area contributed by atoms with Gasteiger partial charge in [-0.1, -0.05) is 6.07 Å². The molecule has 1 aromatic rings. The lowest BCUT2D eigenvalue weighted by atomic mass is 9.98. The fourth-order valence-electron chi connectivity index (χ4n) is 1.56. The number of Topliss-reactive ketones (excluding diaryl/α,β-unsaturated/α-hetero) is 1. The van der Waals surface area contributed by atoms with Crippen LogP contribution in [0.2, 0.25) is 0 Å². The Labute approximate surface area is 85.6 Å². The molecule has 2 rings (SSSR count). The predicted octanol–water partition coefficient (Wildman–Crippen LogP) is 2.44. The van der Waals surface area contributed by atoms with E-state index in [1.165, 1.54) is 12.3 Å². The highest BCUT2D eigenvalue weighted by atomic mass is 19.2. The van der Waals surface area contributed by atoms with Gasteiger partial charge >= 0.3 is 0 Å². The summed E-state index contributed by atoms with van der Waals surface area (Å²) in [5.41, 5.74) is 0.540. The highest BCUT2D eigenvalue weighted by molar-refractivity contribution is 5.93. The maximum absolute atomic E-state index is 12.9. The van der Waals surface area contributed by atoms with Crippen molar-refractivity contribution in [1.29, 1.82) is 0 Å². The van der Waals surface area contributed by atoms with Crippen molar-refractivity contribution in [2.45, 2.75) is 18.9 Å². The van der Waals surface area contributed by atoms with Crippen molar-refractivity contribution < 1.29 is 13.6 Å². The standard InChI is InChI=1S/C11H9F2NO/c12-9-2-1-7(5-10(9)13)11-6-8(15)3-4-14-11/h1-2,4-5,11H,3,6H2/t11-/m0/s1. The molecular weight excluding hydrogens is 200 g/mol. The molecule has 0 bridgehead atoms. The van der Waals surface area contributed by atoms with Crippen LogP contribution in [0, 0.1) is 11.6 Å². The molecule has 0 aliphatic carbocycles. The predicted molar refractivity (Wildman–Crippen MR) is 51.8 cm³/mol. The van der Waals surface area contributed by atoms with Crippen molar-refractivity contribution in [3.8, 4) is 0 Å². The lowest BCUT2D eigenvalue weighted by Gasteiger charge is -2.15. The monoisotopic (exact) mass is 209 g/mol. The molecule has 0 saturated heterocycles. The maximum atomic E-state index is 12.9. The molecule has 4 heteroatoms. The number of ketones is 1. The zero-order chi connectivity index (χ0) is 10.8. The van der Waals surface area contributed by atoms with Gasteiger partial charge in [0.15, 0.2) is 11.6 Å². The smallest absolute Gasteiger partial charge is 0.159 e. The Morgan fingerprint density at radius 3 is 2.73 bits per heavy atom. The van der Waals surface area contributed by atoms with E-state index in [1.807, 2.05) is 0 Å². The third-order valence-electron chi connectivity index (χ3n) is 2.35. The summed E-state index contributed by atoms with van der Waals surface area (Å²) in [4.78, 5) is 15.2. The number of aliphatic imine (C=N–C) groups is 1. The van der Waals surface area contributed by atoms with Gasteiger partial charge in [0.2, 0.25) is 0 Å². The second-order valence-corrected chi connectivity index (χ2v) is 3.47. The number of benzene rings is 1. The van der Waals surface area contributed by atoms with Gasteiger partial charge in [0, 0.05) is 19.1 Å². The molecule has 0 spiro atoms. The SMILES string of the molecule is O=C1CC=N[C@H](c2ccc(F)c(F)c2)C1. The van der Waals surface area contributed by atoms with E-state index >= 15 is 0 Å². The number of rotatable bonds is 1. The van der Waals surface area contributed by atoms with Crippen LogP contribution in [-0.2, 0) is 4.79 Å². The van der Waals surface area contributed by atoms with Gasteiger partial charge in [-0.15, -0.1) is 0 Å². The van der Waals surface area contributed by atoms with Gasteiger partial charge in [-0.05, 0) is 17.7 Å². The molecule has 1 heterocycles. The molecule has 15 heavy (non-hydrogen) atoms. The first-order valence-corrected chi connectivity index (χ1v) is 4.65. The highest BCUT2D eigenvalue weighted by Gasteiger charge is 2.18. The summed E-state index contributed by atoms with van der Waals surface area (Å²) >= 11 is 0. The Bertz CT molecular complexity index is 429. The highest BCUT2D eigenvalue weighted by Crippen LogP contribution is 2.25. The van der Waals surface area contributed by atoms with Crippen LogP contribution in [0.15, 0.2) is 23.2 Å². The Morgan fingerprint density at radius 2 is 2.07 bits per heavy atom. The van der Waals surface area contributed by atoms with Crippen LogP contribution in [0.25, 0.3) is 0 Å². The summed E-state index contributed by atoms with van der Waals surface area (Å²) in [5.74, 6) is -1.72. The van der Waals surface area contributed by atoms with E-state index in [4.69, 9.17) is 0 Å². The van der Waals surface area contributed by atoms with Gasteiger partial charge in [-0.3, -0.25) is 9.79 Å². The molecule has 0 amide bonds. The third kappa shape index (κ3) is 2.09. The number of hydrogen-bond donors (Lipinski definition) is 0. The van der Waals surface area contributed by atoms with Gasteiger partial charge in [-0.25, -0.2) is 8.78 Å². The number of hydrogen-bond acceptors (Lipinski definition) is 2. The van der Waals surface area contributed by atoms with Crippen LogP contribution in [0.4, 0.5) is 8.78 Å². The largest absolute Gasteiger partial charge is 0.299 e. The Balaban J connectivity index is 2.29. The lowest BCUT2D eigenvalue weighted by Crippen LogP contribution is -2.11. The van der Waals surface area contributed by atoms with E-state index in [2.05, 4.69) is 4.99 Å². The van der Waals surface area contributed by atoms with Crippen molar-refractivity contribution >= 4 is 12.0 Å². The Hall–Kier alpha value is -1.58. The average molecular weight is 209 g/mol. The van der Waals surface area contributed by atoms with Crippen molar-refractivity contribution in [3.63, 3.8) is 0 Å². The average Bonchev–Trinajstić information content (AvgIpc) is 2.22. The van der Waals surface area contributed by atoms with E-state index in [0.29, 0.717) is 12.0 Å². The van der Waals surface area contributed by atoms with Gasteiger partial charge in [0.25, 0.3) is 0 Å². The fourth-order valence-corrected chi connectivity index (χ4v) is 1.56. The number of nitrogens with zero attached hydrogens (tertiary/aromatic N) is 1. The van der Waals surface area contributed by atoms with E-state index in [1.54, 1.807) is 0 Å². The molecule has 0 radical (unpaired) electrons. The first kappa shape index (κ1) is 9.96. The van der Waals surface area contributed by atoms with Gasteiger partial charge in [0.1, 0.15) is 5.78 Å². The zero-order valence-corrected chi connectivity index (χ0v) is 7.91. The second-order valence-electron chi connectivity index (χ2n) is 3.47. The normalized spacial score (nSPS) is 20.7. The lowest BCUT2D eigenvalue weighted by molar-refractivity contribution is -0.118. The first-order chi connectivity index (χ1) is 7.16. The number of halogens is 2. The molecule has 0 N–H and O–H groups in total. The van der Waals surface area contributed by atoms with Gasteiger partial charge in [0.05, 0.1) is 6.04 Å². The molecule has 0 fully saturated rings. The third-order valence-corrected chi connectivity index (χ3v) is 2.35. The van der Waals surface area contributed by atoms with E-state index < -0.39 is 11.6 Å². The summed E-state index contributed by atoms with van der Waals surface area (Å²) in [6, 6.07) is 3.25. The summed E-state index contributed by atoms with van der Waals surface area (Å²) in [6.07, 6.45) is 2.12. The number of carbonyl (C=O) groups excluding carboxylic acids is 1. The Kier molecular flexibility index (Phi) is 2.58. The van der Waals surface area contributed by atoms with Crippen molar-refractivity contribution in [2.75, 3.05) is 0 Å². The molecule has 1 aliphatic rings. The van der Waals surface area contributed by atoms with Crippen molar-refractivity contribution in [3.05, 3.63) is 35.4 Å². The topological polar surface area (TPSA) is 29.4 Å². The minimum Gasteiger partial charge on any atom is -0.299 e. The van der Waals surface area contributed by atoms with Crippen molar-refractivity contribution in [2.24, 2.45) is 4.99 Å². The van der Waals surface area contributed by atoms with Crippen LogP contribution in [0.3, 0.4) is 0 Å². The van der Waals surface area contributed by atoms with Crippen molar-refractivity contribution in [1.82, 2.24) is 0 Å². The van der Waals surface area contributed by atoms with Crippen LogP contribution in [0.1, 0.15) is 24.4 Å². The Morgan fingerprint density at radius 1 is 1.27 bits per heavy atom. The molecular formula is C11H9F2NO. The quantitative estimate of drug-likeness (QED) is 0.698.